The molecule has 8 heteroatoms. The summed E-state index contributed by atoms with van der Waals surface area (Å²) in [6.07, 6.45) is 2.19. The number of carbonyl (C=O) groups is 2. The molecule has 0 N–H and O–H groups in total. The Kier molecular flexibility index (Phi) is 6.44. The molecule has 5 nitrogen and oxygen atoms in total. The van der Waals surface area contributed by atoms with Crippen LogP contribution in [0.5, 0.6) is 0 Å². The lowest BCUT2D eigenvalue weighted by Crippen LogP contribution is -2.42. The first-order valence-corrected chi connectivity index (χ1v) is 13.4. The molecule has 166 valence electrons. The van der Waals surface area contributed by atoms with Gasteiger partial charge in [0, 0.05) is 52.3 Å². The highest BCUT2D eigenvalue weighted by Gasteiger charge is 2.37. The number of rotatable bonds is 5. The van der Waals surface area contributed by atoms with E-state index >= 15 is 0 Å². The Morgan fingerprint density at radius 2 is 2.00 bits per heavy atom. The van der Waals surface area contributed by atoms with Gasteiger partial charge >= 0.3 is 0 Å². The summed E-state index contributed by atoms with van der Waals surface area (Å²) in [5.74, 6) is 0.418. The molecule has 2 aromatic heterocycles. The lowest BCUT2D eigenvalue weighted by atomic mass is 9.96. The van der Waals surface area contributed by atoms with Gasteiger partial charge in [-0.2, -0.15) is 0 Å². The number of thiazole rings is 1. The molecule has 2 saturated heterocycles. The van der Waals surface area contributed by atoms with E-state index < -0.39 is 0 Å². The average Bonchev–Trinajstić information content (AvgIpc) is 3.56. The van der Waals surface area contributed by atoms with E-state index in [1.54, 1.807) is 22.7 Å². The third kappa shape index (κ3) is 4.67. The smallest absolute Gasteiger partial charge is 0.227 e. The van der Waals surface area contributed by atoms with Crippen LogP contribution in [0.1, 0.15) is 35.1 Å². The van der Waals surface area contributed by atoms with Crippen molar-refractivity contribution in [2.45, 2.75) is 31.7 Å². The molecule has 0 spiro atoms. The van der Waals surface area contributed by atoms with Gasteiger partial charge in [0.1, 0.15) is 0 Å². The highest BCUT2D eigenvalue weighted by atomic mass is 79.9. The second-order valence-electron chi connectivity index (χ2n) is 8.44. The summed E-state index contributed by atoms with van der Waals surface area (Å²) in [5, 5.41) is 5.30. The molecule has 0 saturated carbocycles. The van der Waals surface area contributed by atoms with E-state index in [-0.39, 0.29) is 17.7 Å². The van der Waals surface area contributed by atoms with Crippen LogP contribution in [-0.2, 0) is 16.1 Å². The summed E-state index contributed by atoms with van der Waals surface area (Å²) in [6, 6.07) is 12.2. The van der Waals surface area contributed by atoms with E-state index in [4.69, 9.17) is 4.98 Å². The average molecular weight is 531 g/mol. The third-order valence-electron chi connectivity index (χ3n) is 6.29. The Hall–Kier alpha value is -2.03. The first kappa shape index (κ1) is 21.8. The number of benzene rings is 1. The molecule has 0 radical (unpaired) electrons. The SMILES string of the molecule is O=C1CC(C(=O)N2CCC(c3nc(-c4cccc(Br)c4)cs3)CC2)CN1Cc1cccs1. The zero-order valence-corrected chi connectivity index (χ0v) is 20.8. The quantitative estimate of drug-likeness (QED) is 0.445. The van der Waals surface area contributed by atoms with Gasteiger partial charge in [-0.1, -0.05) is 34.1 Å². The van der Waals surface area contributed by atoms with Crippen molar-refractivity contribution in [3.8, 4) is 11.3 Å². The van der Waals surface area contributed by atoms with Gasteiger partial charge in [-0.15, -0.1) is 22.7 Å². The molecule has 5 rings (SSSR count). The summed E-state index contributed by atoms with van der Waals surface area (Å²) in [5.41, 5.74) is 2.13. The third-order valence-corrected chi connectivity index (χ3v) is 8.65. The molecular formula is C24H24BrN3O2S2. The predicted molar refractivity (Wildman–Crippen MR) is 132 cm³/mol. The van der Waals surface area contributed by atoms with Crippen molar-refractivity contribution in [1.29, 1.82) is 0 Å². The van der Waals surface area contributed by atoms with E-state index in [1.165, 1.54) is 0 Å². The van der Waals surface area contributed by atoms with Gasteiger partial charge in [-0.25, -0.2) is 4.98 Å². The monoisotopic (exact) mass is 529 g/mol. The summed E-state index contributed by atoms with van der Waals surface area (Å²) in [6.45, 7) is 2.64. The number of halogens is 1. The second kappa shape index (κ2) is 9.45. The zero-order chi connectivity index (χ0) is 22.1. The van der Waals surface area contributed by atoms with Crippen LogP contribution in [0.2, 0.25) is 0 Å². The van der Waals surface area contributed by atoms with E-state index in [0.29, 0.717) is 25.4 Å². The molecular weight excluding hydrogens is 506 g/mol. The van der Waals surface area contributed by atoms with Gasteiger partial charge in [-0.3, -0.25) is 9.59 Å². The maximum absolute atomic E-state index is 13.1. The number of hydrogen-bond acceptors (Lipinski definition) is 5. The zero-order valence-electron chi connectivity index (χ0n) is 17.6. The molecule has 2 aliphatic heterocycles. The molecule has 0 bridgehead atoms. The Morgan fingerprint density at radius 3 is 2.75 bits per heavy atom. The molecule has 2 fully saturated rings. The highest BCUT2D eigenvalue weighted by molar-refractivity contribution is 9.10. The Morgan fingerprint density at radius 1 is 1.16 bits per heavy atom. The molecule has 2 amide bonds. The molecule has 1 atom stereocenters. The molecule has 4 heterocycles. The standard InChI is InChI=1S/C24H24BrN3O2S2/c25-19-4-1-3-17(11-19)21-15-32-23(26-21)16-6-8-27(9-7-16)24(30)18-12-22(29)28(13-18)14-20-5-2-10-31-20/h1-5,10-11,15-16,18H,6-9,12-14H2. The first-order valence-electron chi connectivity index (χ1n) is 10.9. The van der Waals surface area contributed by atoms with E-state index in [1.807, 2.05) is 39.4 Å². The van der Waals surface area contributed by atoms with Gasteiger partial charge < -0.3 is 9.80 Å². The molecule has 2 aliphatic rings. The van der Waals surface area contributed by atoms with Gasteiger partial charge in [0.2, 0.25) is 11.8 Å². The predicted octanol–water partition coefficient (Wildman–Crippen LogP) is 5.39. The molecule has 32 heavy (non-hydrogen) atoms. The fourth-order valence-electron chi connectivity index (χ4n) is 4.54. The van der Waals surface area contributed by atoms with E-state index in [2.05, 4.69) is 33.4 Å². The first-order chi connectivity index (χ1) is 15.6. The van der Waals surface area contributed by atoms with Crippen LogP contribution in [0.25, 0.3) is 11.3 Å². The van der Waals surface area contributed by atoms with Crippen molar-refractivity contribution < 1.29 is 9.59 Å². The molecule has 3 aromatic rings. The van der Waals surface area contributed by atoms with Crippen LogP contribution >= 0.6 is 38.6 Å². The van der Waals surface area contributed by atoms with Crippen LogP contribution in [0.4, 0.5) is 0 Å². The van der Waals surface area contributed by atoms with E-state index in [9.17, 15) is 9.59 Å². The fourth-order valence-corrected chi connectivity index (χ4v) is 6.66. The lowest BCUT2D eigenvalue weighted by Gasteiger charge is -2.32. The summed E-state index contributed by atoms with van der Waals surface area (Å²) < 4.78 is 1.05. The van der Waals surface area contributed by atoms with Crippen molar-refractivity contribution in [2.75, 3.05) is 19.6 Å². The van der Waals surface area contributed by atoms with Gasteiger partial charge in [0.05, 0.1) is 23.2 Å². The van der Waals surface area contributed by atoms with Crippen LogP contribution in [0, 0.1) is 5.92 Å². The largest absolute Gasteiger partial charge is 0.342 e. The number of piperidine rings is 1. The number of carbonyl (C=O) groups excluding carboxylic acids is 2. The number of amides is 2. The lowest BCUT2D eigenvalue weighted by molar-refractivity contribution is -0.136. The Labute approximate surface area is 204 Å². The normalized spacial score (nSPS) is 19.7. The van der Waals surface area contributed by atoms with Crippen molar-refractivity contribution >= 4 is 50.4 Å². The van der Waals surface area contributed by atoms with Crippen molar-refractivity contribution in [2.24, 2.45) is 5.92 Å². The maximum Gasteiger partial charge on any atom is 0.227 e. The molecule has 1 unspecified atom stereocenters. The number of likely N-dealkylation sites (tertiary alicyclic amines) is 2. The number of nitrogens with zero attached hydrogens (tertiary/aromatic N) is 3. The van der Waals surface area contributed by atoms with Gasteiger partial charge in [0.25, 0.3) is 0 Å². The van der Waals surface area contributed by atoms with Crippen molar-refractivity contribution in [1.82, 2.24) is 14.8 Å². The highest BCUT2D eigenvalue weighted by Crippen LogP contribution is 2.34. The minimum absolute atomic E-state index is 0.0921. The molecule has 0 aliphatic carbocycles. The number of hydrogen-bond donors (Lipinski definition) is 0. The summed E-state index contributed by atoms with van der Waals surface area (Å²) in [7, 11) is 0. The van der Waals surface area contributed by atoms with Crippen LogP contribution in [0.15, 0.2) is 51.6 Å². The number of aromatic nitrogens is 1. The molecule has 1 aromatic carbocycles. The van der Waals surface area contributed by atoms with Gasteiger partial charge in [-0.05, 0) is 36.4 Å². The van der Waals surface area contributed by atoms with Crippen LogP contribution in [-0.4, -0.2) is 46.2 Å². The summed E-state index contributed by atoms with van der Waals surface area (Å²) >= 11 is 6.89. The van der Waals surface area contributed by atoms with Gasteiger partial charge in [0.15, 0.2) is 0 Å². The topological polar surface area (TPSA) is 53.5 Å². The Bertz CT molecular complexity index is 1110. The van der Waals surface area contributed by atoms with E-state index in [0.717, 1.165) is 51.5 Å². The number of thiophene rings is 1. The minimum atomic E-state index is -0.206. The van der Waals surface area contributed by atoms with Crippen LogP contribution < -0.4 is 0 Å². The summed E-state index contributed by atoms with van der Waals surface area (Å²) in [4.78, 5) is 35.4. The maximum atomic E-state index is 13.1. The second-order valence-corrected chi connectivity index (χ2v) is 11.3. The Balaban J connectivity index is 1.16. The van der Waals surface area contributed by atoms with Crippen molar-refractivity contribution in [3.63, 3.8) is 0 Å². The fraction of sp³-hybridized carbons (Fsp3) is 0.375. The van der Waals surface area contributed by atoms with Crippen LogP contribution in [0.3, 0.4) is 0 Å². The minimum Gasteiger partial charge on any atom is -0.342 e. The van der Waals surface area contributed by atoms with Crippen molar-refractivity contribution in [3.05, 3.63) is 61.5 Å².